The van der Waals surface area contributed by atoms with E-state index < -0.39 is 0 Å². The minimum atomic E-state index is -0.0836. The van der Waals surface area contributed by atoms with E-state index in [1.807, 2.05) is 42.5 Å². The molecular weight excluding hydrogens is 400 g/mol. The van der Waals surface area contributed by atoms with Gasteiger partial charge in [-0.25, -0.2) is 0 Å². The highest BCUT2D eigenvalue weighted by atomic mass is 16.5. The average molecular weight is 435 g/mol. The number of methoxy groups -OCH3 is 2. The maximum atomic E-state index is 13.0. The molecule has 1 aliphatic carbocycles. The van der Waals surface area contributed by atoms with Gasteiger partial charge in [-0.15, -0.1) is 6.58 Å². The maximum Gasteiger partial charge on any atom is 0.251 e. The highest BCUT2D eigenvalue weighted by molar-refractivity contribution is 5.94. The third-order valence-corrected chi connectivity index (χ3v) is 7.32. The first-order valence-corrected chi connectivity index (χ1v) is 11.5. The molecular formula is C27H34N2O3. The molecule has 2 fully saturated rings. The molecule has 2 aromatic rings. The van der Waals surface area contributed by atoms with E-state index in [1.54, 1.807) is 14.2 Å². The topological polar surface area (TPSA) is 50.8 Å². The number of hydrogen-bond acceptors (Lipinski definition) is 4. The molecule has 1 unspecified atom stereocenters. The Morgan fingerprint density at radius 3 is 2.75 bits per heavy atom. The zero-order valence-electron chi connectivity index (χ0n) is 19.1. The third kappa shape index (κ3) is 4.45. The molecule has 1 N–H and O–H groups in total. The van der Waals surface area contributed by atoms with Gasteiger partial charge in [-0.2, -0.15) is 0 Å². The predicted molar refractivity (Wildman–Crippen MR) is 127 cm³/mol. The number of fused-ring (bicyclic) bond motifs is 1. The molecule has 4 atom stereocenters. The normalized spacial score (nSPS) is 27.9. The van der Waals surface area contributed by atoms with Crippen molar-refractivity contribution < 1.29 is 14.3 Å². The van der Waals surface area contributed by atoms with Crippen molar-refractivity contribution in [1.29, 1.82) is 0 Å². The summed E-state index contributed by atoms with van der Waals surface area (Å²) >= 11 is 0. The van der Waals surface area contributed by atoms with E-state index in [1.165, 1.54) is 5.56 Å². The number of nitrogens with zero attached hydrogens (tertiary/aromatic N) is 1. The lowest BCUT2D eigenvalue weighted by Crippen LogP contribution is -2.61. The summed E-state index contributed by atoms with van der Waals surface area (Å²) in [7, 11) is 3.51. The van der Waals surface area contributed by atoms with Crippen LogP contribution >= 0.6 is 0 Å². The number of nitrogens with one attached hydrogen (secondary N) is 1. The van der Waals surface area contributed by atoms with Gasteiger partial charge in [-0.1, -0.05) is 36.4 Å². The van der Waals surface area contributed by atoms with E-state index in [0.29, 0.717) is 11.5 Å². The van der Waals surface area contributed by atoms with Crippen LogP contribution in [0, 0.1) is 5.92 Å². The lowest BCUT2D eigenvalue weighted by atomic mass is 9.57. The van der Waals surface area contributed by atoms with Crippen LogP contribution in [0.1, 0.15) is 35.2 Å². The highest BCUT2D eigenvalue weighted by Crippen LogP contribution is 2.50. The van der Waals surface area contributed by atoms with E-state index in [4.69, 9.17) is 9.47 Å². The zero-order valence-corrected chi connectivity index (χ0v) is 19.1. The number of carbonyl (C=O) groups excluding carboxylic acids is 1. The molecule has 0 aromatic heterocycles. The van der Waals surface area contributed by atoms with Gasteiger partial charge in [0.1, 0.15) is 5.75 Å². The Balaban J connectivity index is 1.67. The predicted octanol–water partition coefficient (Wildman–Crippen LogP) is 4.05. The van der Waals surface area contributed by atoms with Gasteiger partial charge in [0.15, 0.2) is 0 Å². The fourth-order valence-corrected chi connectivity index (χ4v) is 5.77. The van der Waals surface area contributed by atoms with Crippen molar-refractivity contribution in [2.24, 2.45) is 5.92 Å². The van der Waals surface area contributed by atoms with Crippen molar-refractivity contribution >= 4 is 5.91 Å². The Morgan fingerprint density at radius 1 is 1.22 bits per heavy atom. The molecule has 5 heteroatoms. The van der Waals surface area contributed by atoms with Crippen molar-refractivity contribution in [3.63, 3.8) is 0 Å². The number of hydrogen-bond donors (Lipinski definition) is 1. The summed E-state index contributed by atoms with van der Waals surface area (Å²) in [5.41, 5.74) is 1.89. The minimum absolute atomic E-state index is 0.0196. The number of carbonyl (C=O) groups is 1. The second kappa shape index (κ2) is 9.88. The molecule has 5 nitrogen and oxygen atoms in total. The monoisotopic (exact) mass is 434 g/mol. The lowest BCUT2D eigenvalue weighted by molar-refractivity contribution is -0.0653. The number of piperidine rings is 1. The molecule has 0 bridgehead atoms. The summed E-state index contributed by atoms with van der Waals surface area (Å²) in [6.45, 7) is 6.77. The molecule has 32 heavy (non-hydrogen) atoms. The summed E-state index contributed by atoms with van der Waals surface area (Å²) < 4.78 is 11.6. The van der Waals surface area contributed by atoms with E-state index in [0.717, 1.165) is 44.6 Å². The highest BCUT2D eigenvalue weighted by Gasteiger charge is 2.52. The van der Waals surface area contributed by atoms with Gasteiger partial charge >= 0.3 is 0 Å². The SMILES string of the molecule is C=CCN1CC[C@@]2(c3cccc(OC)c3)C[C@H](NC(=O)c3ccccc3)CC(OC)[C@@H]2C1. The van der Waals surface area contributed by atoms with Crippen molar-refractivity contribution in [2.75, 3.05) is 33.9 Å². The standard InChI is InChI=1S/C27H34N2O3/c1-4-14-29-15-13-27(21-11-8-12-23(16-21)31-2)18-22(17-25(32-3)24(27)19-29)28-26(30)20-9-6-5-7-10-20/h4-12,16,22,24-25H,1,13-15,17-19H2,2-3H3,(H,28,30)/t22-,24+,25?,27+/m1/s1. The number of rotatable bonds is 7. The van der Waals surface area contributed by atoms with Gasteiger partial charge in [0, 0.05) is 43.1 Å². The van der Waals surface area contributed by atoms with Crippen molar-refractivity contribution in [1.82, 2.24) is 10.2 Å². The summed E-state index contributed by atoms with van der Waals surface area (Å²) in [5.74, 6) is 1.18. The summed E-state index contributed by atoms with van der Waals surface area (Å²) in [5, 5.41) is 3.31. The molecule has 4 rings (SSSR count). The number of amides is 1. The quantitative estimate of drug-likeness (QED) is 0.668. The molecule has 1 saturated heterocycles. The largest absolute Gasteiger partial charge is 0.497 e. The molecule has 0 radical (unpaired) electrons. The Morgan fingerprint density at radius 2 is 2.03 bits per heavy atom. The first-order valence-electron chi connectivity index (χ1n) is 11.5. The fraction of sp³-hybridized carbons (Fsp3) is 0.444. The van der Waals surface area contributed by atoms with Crippen LogP contribution in [-0.2, 0) is 10.2 Å². The molecule has 2 aromatic carbocycles. The van der Waals surface area contributed by atoms with Crippen LogP contribution in [0.2, 0.25) is 0 Å². The van der Waals surface area contributed by atoms with E-state index in [2.05, 4.69) is 35.0 Å². The third-order valence-electron chi connectivity index (χ3n) is 7.32. The molecule has 2 aliphatic rings. The van der Waals surface area contributed by atoms with E-state index in [-0.39, 0.29) is 23.5 Å². The summed E-state index contributed by atoms with van der Waals surface area (Å²) in [6.07, 6.45) is 4.75. The van der Waals surface area contributed by atoms with Crippen LogP contribution in [0.25, 0.3) is 0 Å². The second-order valence-corrected chi connectivity index (χ2v) is 9.04. The molecule has 1 saturated carbocycles. The lowest BCUT2D eigenvalue weighted by Gasteiger charge is -2.55. The van der Waals surface area contributed by atoms with Crippen LogP contribution in [0.15, 0.2) is 67.3 Å². The van der Waals surface area contributed by atoms with Gasteiger partial charge in [0.05, 0.1) is 13.2 Å². The zero-order chi connectivity index (χ0) is 22.6. The number of likely N-dealkylation sites (tertiary alicyclic amines) is 1. The first kappa shape index (κ1) is 22.6. The first-order chi connectivity index (χ1) is 15.6. The summed E-state index contributed by atoms with van der Waals surface area (Å²) in [6, 6.07) is 17.9. The van der Waals surface area contributed by atoms with E-state index >= 15 is 0 Å². The average Bonchev–Trinajstić information content (AvgIpc) is 2.84. The number of ether oxygens (including phenoxy) is 2. The Bertz CT molecular complexity index is 932. The van der Waals surface area contributed by atoms with Crippen LogP contribution in [-0.4, -0.2) is 56.8 Å². The van der Waals surface area contributed by atoms with Crippen molar-refractivity contribution in [3.8, 4) is 5.75 Å². The fourth-order valence-electron chi connectivity index (χ4n) is 5.77. The molecule has 1 aliphatic heterocycles. The smallest absolute Gasteiger partial charge is 0.251 e. The van der Waals surface area contributed by atoms with Crippen LogP contribution in [0.4, 0.5) is 0 Å². The van der Waals surface area contributed by atoms with E-state index in [9.17, 15) is 4.79 Å². The van der Waals surface area contributed by atoms with Gasteiger partial charge in [-0.3, -0.25) is 9.69 Å². The molecule has 1 amide bonds. The summed E-state index contributed by atoms with van der Waals surface area (Å²) in [4.78, 5) is 15.4. The van der Waals surface area contributed by atoms with Crippen LogP contribution in [0.5, 0.6) is 5.75 Å². The Hall–Kier alpha value is -2.63. The molecule has 0 spiro atoms. The Labute approximate surface area is 191 Å². The van der Waals surface area contributed by atoms with Crippen molar-refractivity contribution in [3.05, 3.63) is 78.4 Å². The minimum Gasteiger partial charge on any atom is -0.497 e. The maximum absolute atomic E-state index is 13.0. The Kier molecular flexibility index (Phi) is 6.97. The molecule has 1 heterocycles. The van der Waals surface area contributed by atoms with Crippen LogP contribution in [0.3, 0.4) is 0 Å². The second-order valence-electron chi connectivity index (χ2n) is 9.04. The molecule has 170 valence electrons. The van der Waals surface area contributed by atoms with Crippen LogP contribution < -0.4 is 10.1 Å². The van der Waals surface area contributed by atoms with Gasteiger partial charge in [0.25, 0.3) is 5.91 Å². The van der Waals surface area contributed by atoms with Gasteiger partial charge in [0.2, 0.25) is 0 Å². The van der Waals surface area contributed by atoms with Gasteiger partial charge < -0.3 is 14.8 Å². The van der Waals surface area contributed by atoms with Gasteiger partial charge in [-0.05, 0) is 55.6 Å². The number of benzene rings is 2. The van der Waals surface area contributed by atoms with Crippen molar-refractivity contribution in [2.45, 2.75) is 36.8 Å².